The quantitative estimate of drug-likeness (QED) is 0.770. The third kappa shape index (κ3) is 3.16. The molecule has 0 aliphatic heterocycles. The molecule has 2 heteroatoms. The first-order chi connectivity index (χ1) is 4.46. The van der Waals surface area contributed by atoms with Gasteiger partial charge in [-0.25, -0.2) is 0 Å². The molecule has 1 unspecified atom stereocenters. The molecule has 1 nitrogen and oxygen atoms in total. The molecule has 0 aliphatic rings. The molecule has 0 radical (unpaired) electrons. The molecule has 1 atom stereocenters. The monoisotopic (exact) mass is 312 g/mol. The van der Waals surface area contributed by atoms with Gasteiger partial charge in [-0.15, -0.1) is 0 Å². The Hall–Kier alpha value is 0.648. The molecule has 0 aliphatic carbocycles. The van der Waals surface area contributed by atoms with E-state index in [0.717, 1.165) is 4.43 Å². The molecule has 0 aromatic carbocycles. The molecule has 0 heterocycles. The maximum atomic E-state index is 2.54. The Balaban J connectivity index is 3.98. The number of rotatable bonds is 3. The van der Waals surface area contributed by atoms with Crippen LogP contribution in [0.1, 0.15) is 34.6 Å². The van der Waals surface area contributed by atoms with Gasteiger partial charge in [0.2, 0.25) is 0 Å². The van der Waals surface area contributed by atoms with E-state index in [-0.39, 0.29) is 0 Å². The molecule has 0 aromatic heterocycles. The van der Waals surface area contributed by atoms with Crippen LogP contribution in [-0.2, 0) is 19.8 Å². The fourth-order valence-electron chi connectivity index (χ4n) is 1.44. The first-order valence-electron chi connectivity index (χ1n) is 3.90. The molecule has 0 amide bonds. The zero-order valence-corrected chi connectivity index (χ0v) is 10.5. The molecule has 10 heavy (non-hydrogen) atoms. The second-order valence-electron chi connectivity index (χ2n) is 3.23. The summed E-state index contributed by atoms with van der Waals surface area (Å²) in [5, 5.41) is 0. The summed E-state index contributed by atoms with van der Waals surface area (Å²) < 4.78 is 0.750. The van der Waals surface area contributed by atoms with E-state index in [9.17, 15) is 0 Å². The van der Waals surface area contributed by atoms with Crippen LogP contribution in [0.4, 0.5) is 0 Å². The van der Waals surface area contributed by atoms with Crippen LogP contribution >= 0.6 is 0 Å². The van der Waals surface area contributed by atoms with Gasteiger partial charge in [-0.2, -0.15) is 0 Å². The van der Waals surface area contributed by atoms with Crippen molar-refractivity contribution in [2.75, 3.05) is 0 Å². The van der Waals surface area contributed by atoms with E-state index < -0.39 is 0 Å². The van der Waals surface area contributed by atoms with Crippen LogP contribution in [0, 0.1) is 0 Å². The van der Waals surface area contributed by atoms with Gasteiger partial charge in [0.1, 0.15) is 0 Å². The average molecular weight is 312 g/mol. The number of hydrogen-bond acceptors (Lipinski definition) is 1. The Morgan fingerprint density at radius 2 is 1.20 bits per heavy atom. The summed E-state index contributed by atoms with van der Waals surface area (Å²) in [6.07, 6.45) is 0. The minimum atomic E-state index is 0.687. The van der Waals surface area contributed by atoms with Crippen molar-refractivity contribution >= 4 is 0 Å². The van der Waals surface area contributed by atoms with E-state index in [4.69, 9.17) is 0 Å². The van der Waals surface area contributed by atoms with E-state index in [1.807, 2.05) is 0 Å². The summed E-state index contributed by atoms with van der Waals surface area (Å²) in [5.74, 6) is 0. The third-order valence-electron chi connectivity index (χ3n) is 1.61. The second kappa shape index (κ2) is 4.51. The van der Waals surface area contributed by atoms with Crippen molar-refractivity contribution in [3.63, 3.8) is 0 Å². The van der Waals surface area contributed by atoms with Gasteiger partial charge in [0.25, 0.3) is 0 Å². The normalized spacial score (nSPS) is 15.2. The second-order valence-corrected chi connectivity index (χ2v) is 5.69. The van der Waals surface area contributed by atoms with Crippen LogP contribution in [0.2, 0.25) is 0 Å². The van der Waals surface area contributed by atoms with E-state index in [1.54, 1.807) is 19.8 Å². The van der Waals surface area contributed by atoms with Crippen LogP contribution < -0.4 is 0 Å². The fraction of sp³-hybridized carbons (Fsp3) is 1.00. The van der Waals surface area contributed by atoms with E-state index in [1.165, 1.54) is 0 Å². The van der Waals surface area contributed by atoms with Gasteiger partial charge in [-0.3, -0.25) is 0 Å². The van der Waals surface area contributed by atoms with Gasteiger partial charge in [-0.05, 0) is 0 Å². The summed E-state index contributed by atoms with van der Waals surface area (Å²) in [4.78, 5) is 2.54. The summed E-state index contributed by atoms with van der Waals surface area (Å²) in [5.41, 5.74) is 0. The molecule has 0 saturated carbocycles. The van der Waals surface area contributed by atoms with Crippen molar-refractivity contribution in [2.24, 2.45) is 0 Å². The van der Waals surface area contributed by atoms with Crippen LogP contribution in [0.5, 0.6) is 0 Å². The molecular weight excluding hydrogens is 294 g/mol. The zero-order chi connectivity index (χ0) is 8.31. The van der Waals surface area contributed by atoms with E-state index >= 15 is 0 Å². The van der Waals surface area contributed by atoms with Crippen molar-refractivity contribution in [3.8, 4) is 0 Å². The Morgan fingerprint density at radius 1 is 0.900 bits per heavy atom. The molecule has 61 valence electrons. The van der Waals surface area contributed by atoms with Crippen LogP contribution in [0.15, 0.2) is 0 Å². The first-order valence-corrected chi connectivity index (χ1v) is 5.59. The van der Waals surface area contributed by atoms with Crippen LogP contribution in [0.3, 0.4) is 0 Å². The van der Waals surface area contributed by atoms with E-state index in [0.29, 0.717) is 12.1 Å². The maximum absolute atomic E-state index is 2.54. The van der Waals surface area contributed by atoms with Crippen molar-refractivity contribution in [2.45, 2.75) is 51.1 Å². The Bertz CT molecular complexity index is 70.2. The molecule has 0 rings (SSSR count). The van der Waals surface area contributed by atoms with Crippen molar-refractivity contribution in [1.29, 1.82) is 0 Å². The minimum absolute atomic E-state index is 0.687. The van der Waals surface area contributed by atoms with E-state index in [2.05, 4.69) is 39.5 Å². The molecule has 0 fully saturated rings. The Morgan fingerprint density at radius 3 is 1.20 bits per heavy atom. The van der Waals surface area contributed by atoms with Gasteiger partial charge in [0, 0.05) is 0 Å². The topological polar surface area (TPSA) is 3.24 Å². The molecule has 0 aromatic rings. The van der Waals surface area contributed by atoms with Crippen LogP contribution in [-0.4, -0.2) is 21.4 Å². The summed E-state index contributed by atoms with van der Waals surface area (Å²) in [7, 11) is 0. The third-order valence-corrected chi connectivity index (χ3v) is 2.49. The fourth-order valence-corrected chi connectivity index (χ4v) is 3.19. The molecule has 0 N–H and O–H groups in total. The molecular formula is C8H18NW. The zero-order valence-electron chi connectivity index (χ0n) is 7.59. The van der Waals surface area contributed by atoms with Crippen molar-refractivity contribution in [3.05, 3.63) is 0 Å². The number of hydrogen-bond donors (Lipinski definition) is 0. The van der Waals surface area contributed by atoms with Gasteiger partial charge < -0.3 is 0 Å². The predicted octanol–water partition coefficient (Wildman–Crippen LogP) is 2.00. The Kier molecular flexibility index (Phi) is 4.80. The molecule has 0 saturated heterocycles. The predicted molar refractivity (Wildman–Crippen MR) is 41.6 cm³/mol. The first kappa shape index (κ1) is 10.6. The Labute approximate surface area is 76.1 Å². The molecule has 0 spiro atoms. The standard InChI is InChI=1S/C8H18N.W/c1-6-9(7(2)3)8(4)5;/h6-8H,1-5H3;. The van der Waals surface area contributed by atoms with Gasteiger partial charge in [0.05, 0.1) is 0 Å². The molecule has 0 bridgehead atoms. The van der Waals surface area contributed by atoms with Crippen molar-refractivity contribution in [1.82, 2.24) is 4.90 Å². The van der Waals surface area contributed by atoms with Gasteiger partial charge in [0.15, 0.2) is 0 Å². The van der Waals surface area contributed by atoms with Crippen LogP contribution in [0.25, 0.3) is 0 Å². The summed E-state index contributed by atoms with van der Waals surface area (Å²) in [6.45, 7) is 11.3. The average Bonchev–Trinajstić information content (AvgIpc) is 1.59. The van der Waals surface area contributed by atoms with Gasteiger partial charge in [-0.1, -0.05) is 0 Å². The summed E-state index contributed by atoms with van der Waals surface area (Å²) >= 11 is 1.66. The summed E-state index contributed by atoms with van der Waals surface area (Å²) in [6, 6.07) is 1.38. The number of nitrogens with zero attached hydrogens (tertiary/aromatic N) is 1. The van der Waals surface area contributed by atoms with Crippen molar-refractivity contribution < 1.29 is 19.8 Å². The SMILES string of the molecule is CC(C)N(C(C)C)[CH](C)[W]. The van der Waals surface area contributed by atoms with Gasteiger partial charge >= 0.3 is 75.8 Å².